The van der Waals surface area contributed by atoms with Gasteiger partial charge in [0, 0.05) is 51.8 Å². The van der Waals surface area contributed by atoms with Crippen molar-refractivity contribution in [2.75, 3.05) is 13.6 Å². The number of hydrogen-bond acceptors (Lipinski definition) is 2. The molecule has 3 heteroatoms. The maximum absolute atomic E-state index is 3.68. The van der Waals surface area contributed by atoms with E-state index in [9.17, 15) is 0 Å². The van der Waals surface area contributed by atoms with Crippen LogP contribution in [0, 0.1) is 0 Å². The number of benzene rings is 2. The zero-order valence-corrected chi connectivity index (χ0v) is 13.9. The largest absolute Gasteiger partial charge is 0.358 e. The maximum Gasteiger partial charge on any atom is 0.0466 e. The van der Waals surface area contributed by atoms with Gasteiger partial charge in [-0.3, -0.25) is 0 Å². The van der Waals surface area contributed by atoms with Crippen LogP contribution in [0.15, 0.2) is 47.8 Å². The molecule has 2 aromatic carbocycles. The normalized spacial score (nSPS) is 15.3. The van der Waals surface area contributed by atoms with Crippen LogP contribution in [0.4, 0.5) is 0 Å². The van der Waals surface area contributed by atoms with E-state index in [1.165, 1.54) is 43.4 Å². The molecule has 0 aliphatic carbocycles. The van der Waals surface area contributed by atoms with E-state index in [1.54, 1.807) is 0 Å². The lowest BCUT2D eigenvalue weighted by molar-refractivity contribution is 0.313. The first kappa shape index (κ1) is 13.3. The Balaban J connectivity index is 1.88. The number of H-pyrrole nitrogens is 1. The van der Waals surface area contributed by atoms with Gasteiger partial charge in [-0.15, -0.1) is 11.3 Å². The molecule has 0 fully saturated rings. The van der Waals surface area contributed by atoms with Gasteiger partial charge in [-0.05, 0) is 35.7 Å². The smallest absolute Gasteiger partial charge is 0.0466 e. The highest BCUT2D eigenvalue weighted by atomic mass is 32.1. The predicted octanol–water partition coefficient (Wildman–Crippen LogP) is 5.04. The lowest BCUT2D eigenvalue weighted by Gasteiger charge is -2.22. The van der Waals surface area contributed by atoms with Gasteiger partial charge in [-0.2, -0.15) is 0 Å². The second kappa shape index (κ2) is 4.95. The minimum absolute atomic E-state index is 1.04. The molecular formula is C20H18N2S. The molecule has 0 amide bonds. The molecule has 4 aromatic rings. The van der Waals surface area contributed by atoms with Crippen LogP contribution in [0.2, 0.25) is 0 Å². The second-order valence-electron chi connectivity index (χ2n) is 6.45. The van der Waals surface area contributed by atoms with Gasteiger partial charge < -0.3 is 9.88 Å². The molecule has 2 nitrogen and oxygen atoms in total. The van der Waals surface area contributed by atoms with Gasteiger partial charge in [0.25, 0.3) is 0 Å². The fourth-order valence-corrected chi connectivity index (χ4v) is 4.78. The van der Waals surface area contributed by atoms with E-state index >= 15 is 0 Å². The molecule has 2 aromatic heterocycles. The first-order valence-electron chi connectivity index (χ1n) is 8.09. The highest BCUT2D eigenvalue weighted by Gasteiger charge is 2.21. The number of hydrogen-bond donors (Lipinski definition) is 1. The quantitative estimate of drug-likeness (QED) is 0.521. The van der Waals surface area contributed by atoms with Crippen LogP contribution in [-0.4, -0.2) is 23.5 Å². The lowest BCUT2D eigenvalue weighted by atomic mass is 9.98. The Morgan fingerprint density at radius 1 is 1.04 bits per heavy atom. The molecule has 0 saturated carbocycles. The van der Waals surface area contributed by atoms with Crippen molar-refractivity contribution >= 4 is 32.3 Å². The molecule has 1 aliphatic rings. The summed E-state index contributed by atoms with van der Waals surface area (Å²) in [5.74, 6) is 0. The van der Waals surface area contributed by atoms with E-state index in [2.05, 4.69) is 64.8 Å². The van der Waals surface area contributed by atoms with Crippen molar-refractivity contribution < 1.29 is 0 Å². The molecule has 0 atom stereocenters. The zero-order chi connectivity index (χ0) is 15.4. The summed E-state index contributed by atoms with van der Waals surface area (Å²) in [5, 5.41) is 5.17. The third kappa shape index (κ3) is 1.97. The fraction of sp³-hybridized carbons (Fsp3) is 0.200. The number of nitrogens with zero attached hydrogens (tertiary/aromatic N) is 1. The number of aromatic nitrogens is 1. The molecule has 0 spiro atoms. The van der Waals surface area contributed by atoms with Crippen LogP contribution in [0.3, 0.4) is 0 Å². The molecule has 5 rings (SSSR count). The molecule has 0 unspecified atom stereocenters. The van der Waals surface area contributed by atoms with Gasteiger partial charge in [0.1, 0.15) is 0 Å². The fourth-order valence-electron chi connectivity index (χ4n) is 3.81. The van der Waals surface area contributed by atoms with Crippen LogP contribution in [0.5, 0.6) is 0 Å². The van der Waals surface area contributed by atoms with E-state index in [4.69, 9.17) is 0 Å². The van der Waals surface area contributed by atoms with Crippen molar-refractivity contribution in [3.8, 4) is 11.1 Å². The van der Waals surface area contributed by atoms with Crippen molar-refractivity contribution in [2.45, 2.75) is 13.0 Å². The number of nitrogens with one attached hydrogen (secondary N) is 1. The molecule has 0 bridgehead atoms. The van der Waals surface area contributed by atoms with Crippen molar-refractivity contribution in [3.05, 3.63) is 59.1 Å². The molecule has 23 heavy (non-hydrogen) atoms. The predicted molar refractivity (Wildman–Crippen MR) is 99.2 cm³/mol. The van der Waals surface area contributed by atoms with Crippen LogP contribution >= 0.6 is 11.3 Å². The molecule has 0 radical (unpaired) electrons. The van der Waals surface area contributed by atoms with E-state index in [0.29, 0.717) is 0 Å². The minimum Gasteiger partial charge on any atom is -0.358 e. The molecule has 3 heterocycles. The Morgan fingerprint density at radius 2 is 1.91 bits per heavy atom. The summed E-state index contributed by atoms with van der Waals surface area (Å²) in [6.45, 7) is 2.18. The lowest BCUT2D eigenvalue weighted by Crippen LogP contribution is -2.26. The summed E-state index contributed by atoms with van der Waals surface area (Å²) in [4.78, 5) is 6.09. The van der Waals surface area contributed by atoms with Crippen molar-refractivity contribution in [2.24, 2.45) is 0 Å². The Hall–Kier alpha value is -2.10. The summed E-state index contributed by atoms with van der Waals surface area (Å²) in [6.07, 6.45) is 1.12. The Bertz CT molecular complexity index is 1010. The molecular weight excluding hydrogens is 300 g/mol. The second-order valence-corrected chi connectivity index (χ2v) is 7.36. The summed E-state index contributed by atoms with van der Waals surface area (Å²) in [7, 11) is 2.22. The first-order chi connectivity index (χ1) is 11.3. The van der Waals surface area contributed by atoms with Crippen LogP contribution < -0.4 is 0 Å². The van der Waals surface area contributed by atoms with Gasteiger partial charge >= 0.3 is 0 Å². The SMILES string of the molecule is CN1CCc2[nH]c3ccc4scc(-c5ccccc5)c4c3c2C1. The maximum atomic E-state index is 3.68. The number of fused-ring (bicyclic) bond motifs is 5. The highest BCUT2D eigenvalue weighted by molar-refractivity contribution is 7.18. The van der Waals surface area contributed by atoms with E-state index in [1.807, 2.05) is 11.3 Å². The monoisotopic (exact) mass is 318 g/mol. The third-order valence-electron chi connectivity index (χ3n) is 4.95. The third-order valence-corrected chi connectivity index (χ3v) is 5.90. The van der Waals surface area contributed by atoms with Crippen molar-refractivity contribution in [1.82, 2.24) is 9.88 Å². The number of aromatic amines is 1. The van der Waals surface area contributed by atoms with Crippen LogP contribution in [-0.2, 0) is 13.0 Å². The Labute approximate surface area is 139 Å². The highest BCUT2D eigenvalue weighted by Crippen LogP contribution is 2.41. The van der Waals surface area contributed by atoms with Gasteiger partial charge in [0.15, 0.2) is 0 Å². The first-order valence-corrected chi connectivity index (χ1v) is 8.97. The summed E-state index contributed by atoms with van der Waals surface area (Å²) in [5.41, 5.74) is 6.88. The Kier molecular flexibility index (Phi) is 2.87. The molecule has 0 saturated heterocycles. The molecule has 1 aliphatic heterocycles. The average molecular weight is 318 g/mol. The number of thiophene rings is 1. The van der Waals surface area contributed by atoms with Crippen molar-refractivity contribution in [3.63, 3.8) is 0 Å². The van der Waals surface area contributed by atoms with Gasteiger partial charge in [0.2, 0.25) is 0 Å². The van der Waals surface area contributed by atoms with E-state index in [-0.39, 0.29) is 0 Å². The van der Waals surface area contributed by atoms with Gasteiger partial charge in [-0.1, -0.05) is 30.3 Å². The summed E-state index contributed by atoms with van der Waals surface area (Å²) >= 11 is 1.85. The summed E-state index contributed by atoms with van der Waals surface area (Å²) < 4.78 is 1.38. The minimum atomic E-state index is 1.04. The van der Waals surface area contributed by atoms with E-state index < -0.39 is 0 Å². The number of rotatable bonds is 1. The van der Waals surface area contributed by atoms with Gasteiger partial charge in [0.05, 0.1) is 0 Å². The topological polar surface area (TPSA) is 19.0 Å². The molecule has 114 valence electrons. The Morgan fingerprint density at radius 3 is 2.78 bits per heavy atom. The standard InChI is InChI=1S/C20H18N2S/c1-22-10-9-16-14(11-22)19-17(21-16)7-8-18-20(19)15(12-23-18)13-5-3-2-4-6-13/h2-8,12,21H,9-11H2,1H3. The van der Waals surface area contributed by atoms with E-state index in [0.717, 1.165) is 19.5 Å². The van der Waals surface area contributed by atoms with Crippen LogP contribution in [0.25, 0.3) is 32.1 Å². The summed E-state index contributed by atoms with van der Waals surface area (Å²) in [6, 6.07) is 15.3. The van der Waals surface area contributed by atoms with Gasteiger partial charge in [-0.25, -0.2) is 0 Å². The molecule has 1 N–H and O–H groups in total. The zero-order valence-electron chi connectivity index (χ0n) is 13.1. The number of likely N-dealkylation sites (N-methyl/N-ethyl adjacent to an activating group) is 1. The average Bonchev–Trinajstić information content (AvgIpc) is 3.16. The van der Waals surface area contributed by atoms with Crippen LogP contribution in [0.1, 0.15) is 11.3 Å². The van der Waals surface area contributed by atoms with Crippen molar-refractivity contribution in [1.29, 1.82) is 0 Å².